The molecule has 3 N–H and O–H groups in total. The third-order valence-electron chi connectivity index (χ3n) is 3.55. The molecule has 3 rings (SSSR count). The number of aromatic nitrogens is 4. The number of nitrogens with one attached hydrogen (secondary N) is 1. The van der Waals surface area contributed by atoms with E-state index in [-0.39, 0.29) is 12.0 Å². The minimum atomic E-state index is 0.0273. The Labute approximate surface area is 127 Å². The van der Waals surface area contributed by atoms with E-state index in [0.717, 1.165) is 16.1 Å². The van der Waals surface area contributed by atoms with E-state index >= 15 is 0 Å². The first kappa shape index (κ1) is 13.6. The van der Waals surface area contributed by atoms with Gasteiger partial charge in [0.05, 0.1) is 12.4 Å². The highest BCUT2D eigenvalue weighted by Gasteiger charge is 2.20. The zero-order valence-electron chi connectivity index (χ0n) is 11.7. The van der Waals surface area contributed by atoms with Crippen molar-refractivity contribution >= 4 is 34.5 Å². The van der Waals surface area contributed by atoms with Crippen LogP contribution in [0.25, 0.3) is 11.2 Å². The molecule has 21 heavy (non-hydrogen) atoms. The van der Waals surface area contributed by atoms with Gasteiger partial charge in [0.15, 0.2) is 11.5 Å². The molecule has 6 nitrogen and oxygen atoms in total. The summed E-state index contributed by atoms with van der Waals surface area (Å²) in [6.45, 7) is 2.06. The van der Waals surface area contributed by atoms with Crippen molar-refractivity contribution in [2.24, 2.45) is 0 Å². The molecule has 1 aromatic carbocycles. The van der Waals surface area contributed by atoms with Crippen molar-refractivity contribution < 1.29 is 0 Å². The maximum absolute atomic E-state index is 6.27. The lowest BCUT2D eigenvalue weighted by Crippen LogP contribution is -2.23. The molecule has 108 valence electrons. The Bertz CT molecular complexity index is 784. The van der Waals surface area contributed by atoms with E-state index in [9.17, 15) is 0 Å². The van der Waals surface area contributed by atoms with Gasteiger partial charge in [0.25, 0.3) is 0 Å². The van der Waals surface area contributed by atoms with E-state index in [4.69, 9.17) is 17.3 Å². The van der Waals surface area contributed by atoms with Crippen LogP contribution in [0.2, 0.25) is 5.02 Å². The number of fused-ring (bicyclic) bond motifs is 1. The highest BCUT2D eigenvalue weighted by Crippen LogP contribution is 2.31. The van der Waals surface area contributed by atoms with Gasteiger partial charge in [-0.3, -0.25) is 0 Å². The van der Waals surface area contributed by atoms with Gasteiger partial charge in [-0.25, -0.2) is 4.98 Å². The van der Waals surface area contributed by atoms with Crippen molar-refractivity contribution in [3.63, 3.8) is 0 Å². The molecule has 1 unspecified atom stereocenters. The Morgan fingerprint density at radius 3 is 2.81 bits per heavy atom. The van der Waals surface area contributed by atoms with Gasteiger partial charge in [0.1, 0.15) is 5.52 Å². The number of aromatic amines is 1. The minimum Gasteiger partial charge on any atom is -0.368 e. The third-order valence-corrected chi connectivity index (χ3v) is 3.90. The summed E-state index contributed by atoms with van der Waals surface area (Å²) in [5, 5.41) is 0.722. The number of H-pyrrole nitrogens is 1. The summed E-state index contributed by atoms with van der Waals surface area (Å²) in [6, 6.07) is 7.78. The van der Waals surface area contributed by atoms with Crippen molar-refractivity contribution in [1.82, 2.24) is 19.9 Å². The normalized spacial score (nSPS) is 12.5. The molecule has 0 radical (unpaired) electrons. The molecule has 0 fully saturated rings. The van der Waals surface area contributed by atoms with E-state index in [1.54, 1.807) is 6.33 Å². The SMILES string of the molecule is CC(c1ccccc1Cl)N(C)c1nc(N)nc2nc[nH]c12. The Kier molecular flexibility index (Phi) is 3.39. The quantitative estimate of drug-likeness (QED) is 0.777. The lowest BCUT2D eigenvalue weighted by atomic mass is 10.1. The monoisotopic (exact) mass is 302 g/mol. The molecule has 0 bridgehead atoms. The molecular formula is C14H15ClN6. The van der Waals surface area contributed by atoms with Crippen LogP contribution in [0, 0.1) is 0 Å². The predicted octanol–water partition coefficient (Wildman–Crippen LogP) is 2.79. The number of nitrogen functional groups attached to an aromatic ring is 1. The molecule has 2 aromatic heterocycles. The van der Waals surface area contributed by atoms with Gasteiger partial charge < -0.3 is 15.6 Å². The summed E-state index contributed by atoms with van der Waals surface area (Å²) in [6.07, 6.45) is 1.58. The van der Waals surface area contributed by atoms with Gasteiger partial charge in [-0.1, -0.05) is 29.8 Å². The smallest absolute Gasteiger partial charge is 0.224 e. The average Bonchev–Trinajstić information content (AvgIpc) is 2.93. The van der Waals surface area contributed by atoms with E-state index in [1.165, 1.54) is 0 Å². The second-order valence-corrected chi connectivity index (χ2v) is 5.22. The van der Waals surface area contributed by atoms with Gasteiger partial charge in [0.2, 0.25) is 5.95 Å². The minimum absolute atomic E-state index is 0.0273. The summed E-state index contributed by atoms with van der Waals surface area (Å²) in [5.41, 5.74) is 8.09. The number of anilines is 2. The number of hydrogen-bond acceptors (Lipinski definition) is 5. The lowest BCUT2D eigenvalue weighted by Gasteiger charge is -2.27. The van der Waals surface area contributed by atoms with Crippen molar-refractivity contribution in [1.29, 1.82) is 0 Å². The van der Waals surface area contributed by atoms with Gasteiger partial charge in [0, 0.05) is 12.1 Å². The molecule has 0 aliphatic heterocycles. The van der Waals surface area contributed by atoms with Crippen LogP contribution in [-0.4, -0.2) is 27.0 Å². The fourth-order valence-corrected chi connectivity index (χ4v) is 2.59. The summed E-state index contributed by atoms with van der Waals surface area (Å²) in [5.74, 6) is 0.894. The zero-order valence-corrected chi connectivity index (χ0v) is 12.5. The van der Waals surface area contributed by atoms with Crippen LogP contribution in [0.3, 0.4) is 0 Å². The fourth-order valence-electron chi connectivity index (χ4n) is 2.30. The Balaban J connectivity index is 2.06. The molecule has 1 atom stereocenters. The van der Waals surface area contributed by atoms with Crippen LogP contribution in [0.4, 0.5) is 11.8 Å². The summed E-state index contributed by atoms with van der Waals surface area (Å²) >= 11 is 6.27. The number of rotatable bonds is 3. The summed E-state index contributed by atoms with van der Waals surface area (Å²) in [7, 11) is 1.94. The van der Waals surface area contributed by atoms with Crippen molar-refractivity contribution in [3.8, 4) is 0 Å². The molecule has 0 saturated carbocycles. The molecule has 0 amide bonds. The zero-order chi connectivity index (χ0) is 15.0. The first-order chi connectivity index (χ1) is 10.1. The molecule has 0 aliphatic rings. The number of halogens is 1. The Morgan fingerprint density at radius 1 is 1.29 bits per heavy atom. The van der Waals surface area contributed by atoms with Crippen molar-refractivity contribution in [3.05, 3.63) is 41.2 Å². The summed E-state index contributed by atoms with van der Waals surface area (Å²) < 4.78 is 0. The highest BCUT2D eigenvalue weighted by molar-refractivity contribution is 6.31. The van der Waals surface area contributed by atoms with E-state index in [1.807, 2.05) is 36.2 Å². The number of benzene rings is 1. The highest BCUT2D eigenvalue weighted by atomic mass is 35.5. The number of imidazole rings is 1. The van der Waals surface area contributed by atoms with Crippen molar-refractivity contribution in [2.75, 3.05) is 17.7 Å². The number of nitrogens with zero attached hydrogens (tertiary/aromatic N) is 4. The van der Waals surface area contributed by atoms with Crippen LogP contribution in [0.15, 0.2) is 30.6 Å². The molecular weight excluding hydrogens is 288 g/mol. The van der Waals surface area contributed by atoms with Crippen molar-refractivity contribution in [2.45, 2.75) is 13.0 Å². The van der Waals surface area contributed by atoms with Gasteiger partial charge >= 0.3 is 0 Å². The van der Waals surface area contributed by atoms with Crippen LogP contribution in [-0.2, 0) is 0 Å². The molecule has 0 saturated heterocycles. The number of nitrogens with two attached hydrogens (primary N) is 1. The third kappa shape index (κ3) is 2.38. The first-order valence-electron chi connectivity index (χ1n) is 6.51. The van der Waals surface area contributed by atoms with Crippen LogP contribution in [0.5, 0.6) is 0 Å². The second kappa shape index (κ2) is 5.21. The van der Waals surface area contributed by atoms with E-state index < -0.39 is 0 Å². The standard InChI is InChI=1S/C14H15ClN6/c1-8(9-5-3-4-6-10(9)15)21(2)13-11-12(18-7-17-11)19-14(16)20-13/h3-8H,1-2H3,(H3,16,17,18,19,20). The second-order valence-electron chi connectivity index (χ2n) is 4.81. The van der Waals surface area contributed by atoms with Gasteiger partial charge in [-0.2, -0.15) is 9.97 Å². The predicted molar refractivity (Wildman–Crippen MR) is 84.4 cm³/mol. The summed E-state index contributed by atoms with van der Waals surface area (Å²) in [4.78, 5) is 17.6. The fraction of sp³-hybridized carbons (Fsp3) is 0.214. The van der Waals surface area contributed by atoms with Crippen LogP contribution < -0.4 is 10.6 Å². The Hall–Kier alpha value is -2.34. The largest absolute Gasteiger partial charge is 0.368 e. The molecule has 7 heteroatoms. The maximum Gasteiger partial charge on any atom is 0.224 e. The number of hydrogen-bond donors (Lipinski definition) is 2. The van der Waals surface area contributed by atoms with Gasteiger partial charge in [-0.15, -0.1) is 0 Å². The van der Waals surface area contributed by atoms with Gasteiger partial charge in [-0.05, 0) is 18.6 Å². The maximum atomic E-state index is 6.27. The lowest BCUT2D eigenvalue weighted by molar-refractivity contribution is 0.731. The van der Waals surface area contributed by atoms with Crippen LogP contribution in [0.1, 0.15) is 18.5 Å². The van der Waals surface area contributed by atoms with E-state index in [2.05, 4.69) is 26.9 Å². The first-order valence-corrected chi connectivity index (χ1v) is 6.89. The molecule has 2 heterocycles. The molecule has 3 aromatic rings. The molecule has 0 aliphatic carbocycles. The molecule has 0 spiro atoms. The van der Waals surface area contributed by atoms with E-state index in [0.29, 0.717) is 11.5 Å². The van der Waals surface area contributed by atoms with Crippen LogP contribution >= 0.6 is 11.6 Å². The topological polar surface area (TPSA) is 83.7 Å². The Morgan fingerprint density at radius 2 is 2.05 bits per heavy atom. The average molecular weight is 303 g/mol.